The van der Waals surface area contributed by atoms with E-state index in [1.807, 2.05) is 34.9 Å². The van der Waals surface area contributed by atoms with Gasteiger partial charge in [0.2, 0.25) is 0 Å². The predicted molar refractivity (Wildman–Crippen MR) is 64.2 cm³/mol. The summed E-state index contributed by atoms with van der Waals surface area (Å²) in [6.45, 7) is 0. The summed E-state index contributed by atoms with van der Waals surface area (Å²) >= 11 is 5.81. The van der Waals surface area contributed by atoms with Crippen molar-refractivity contribution in [2.75, 3.05) is 0 Å². The van der Waals surface area contributed by atoms with Crippen LogP contribution >= 0.6 is 11.8 Å². The highest BCUT2D eigenvalue weighted by Gasteiger charge is 2.08. The molecule has 16 heavy (non-hydrogen) atoms. The van der Waals surface area contributed by atoms with Crippen LogP contribution in [0.15, 0.2) is 48.9 Å². The van der Waals surface area contributed by atoms with Crippen molar-refractivity contribution < 1.29 is 5.11 Å². The Morgan fingerprint density at radius 1 is 1.06 bits per heavy atom. The third kappa shape index (κ3) is 1.29. The van der Waals surface area contributed by atoms with Gasteiger partial charge >= 0.3 is 0 Å². The van der Waals surface area contributed by atoms with Crippen molar-refractivity contribution in [2.45, 2.75) is 0 Å². The molecule has 1 N–H and O–H groups in total. The molecule has 0 unspecified atom stereocenters. The molecule has 0 aliphatic rings. The van der Waals surface area contributed by atoms with Crippen LogP contribution in [0.25, 0.3) is 16.6 Å². The molecule has 0 amide bonds. The summed E-state index contributed by atoms with van der Waals surface area (Å²) < 4.78 is 3.37. The molecule has 2 heterocycles. The number of para-hydroxylation sites is 1. The highest BCUT2D eigenvalue weighted by Crippen LogP contribution is 2.29. The van der Waals surface area contributed by atoms with E-state index in [4.69, 9.17) is 11.8 Å². The smallest absolute Gasteiger partial charge is 0.141 e. The summed E-state index contributed by atoms with van der Waals surface area (Å²) in [6.07, 6.45) is 5.23. The SMILES string of the molecule is Oc1cn(-c2ccn(Cl)c2)c2ccccc12. The van der Waals surface area contributed by atoms with Gasteiger partial charge in [-0.05, 0) is 18.2 Å². The molecule has 1 aromatic carbocycles. The van der Waals surface area contributed by atoms with Crippen LogP contribution in [0.2, 0.25) is 0 Å². The Bertz CT molecular complexity index is 654. The molecule has 4 heteroatoms. The molecule has 0 aliphatic heterocycles. The molecule has 0 bridgehead atoms. The first-order chi connectivity index (χ1) is 7.75. The highest BCUT2D eigenvalue weighted by molar-refractivity contribution is 6.15. The number of nitrogens with zero attached hydrogens (tertiary/aromatic N) is 2. The first kappa shape index (κ1) is 9.36. The number of halogens is 1. The van der Waals surface area contributed by atoms with E-state index in [2.05, 4.69) is 0 Å². The zero-order valence-corrected chi connectivity index (χ0v) is 9.09. The van der Waals surface area contributed by atoms with Crippen molar-refractivity contribution in [2.24, 2.45) is 0 Å². The molecule has 0 atom stereocenters. The van der Waals surface area contributed by atoms with Crippen LogP contribution in [-0.4, -0.2) is 13.8 Å². The summed E-state index contributed by atoms with van der Waals surface area (Å²) in [7, 11) is 0. The third-order valence-corrected chi connectivity index (χ3v) is 2.82. The molecule has 0 spiro atoms. The van der Waals surface area contributed by atoms with Gasteiger partial charge in [-0.15, -0.1) is 0 Å². The van der Waals surface area contributed by atoms with E-state index >= 15 is 0 Å². The lowest BCUT2D eigenvalue weighted by Crippen LogP contribution is -1.88. The lowest BCUT2D eigenvalue weighted by Gasteiger charge is -2.00. The van der Waals surface area contributed by atoms with Gasteiger partial charge in [0.05, 0.1) is 17.4 Å². The van der Waals surface area contributed by atoms with E-state index in [9.17, 15) is 5.11 Å². The lowest BCUT2D eigenvalue weighted by atomic mass is 10.2. The summed E-state index contributed by atoms with van der Waals surface area (Å²) in [4.78, 5) is 0. The summed E-state index contributed by atoms with van der Waals surface area (Å²) in [6, 6.07) is 9.58. The fraction of sp³-hybridized carbons (Fsp3) is 0. The minimum Gasteiger partial charge on any atom is -0.506 e. The van der Waals surface area contributed by atoms with E-state index in [-0.39, 0.29) is 5.75 Å². The van der Waals surface area contributed by atoms with Crippen molar-refractivity contribution in [3.8, 4) is 11.4 Å². The molecule has 0 saturated carbocycles. The predicted octanol–water partition coefficient (Wildman–Crippen LogP) is 3.14. The number of benzene rings is 1. The standard InChI is InChI=1S/C12H9ClN2O/c13-14-6-5-9(7-14)15-8-12(16)10-3-1-2-4-11(10)15/h1-8,16H. The number of hydrogen-bond donors (Lipinski definition) is 1. The van der Waals surface area contributed by atoms with E-state index in [1.54, 1.807) is 18.6 Å². The molecule has 2 aromatic heterocycles. The van der Waals surface area contributed by atoms with Gasteiger partial charge < -0.3 is 9.67 Å². The second kappa shape index (κ2) is 3.32. The van der Waals surface area contributed by atoms with Gasteiger partial charge in [0.1, 0.15) is 5.75 Å². The van der Waals surface area contributed by atoms with Crippen molar-refractivity contribution in [3.63, 3.8) is 0 Å². The van der Waals surface area contributed by atoms with Crippen molar-refractivity contribution in [3.05, 3.63) is 48.9 Å². The second-order valence-electron chi connectivity index (χ2n) is 3.62. The Balaban J connectivity index is 2.32. The number of fused-ring (bicyclic) bond motifs is 1. The second-order valence-corrected chi connectivity index (χ2v) is 4.01. The Kier molecular flexibility index (Phi) is 1.94. The molecule has 0 aliphatic carbocycles. The molecule has 3 nitrogen and oxygen atoms in total. The van der Waals surface area contributed by atoms with Gasteiger partial charge in [0.15, 0.2) is 0 Å². The highest BCUT2D eigenvalue weighted by atomic mass is 35.5. The zero-order valence-electron chi connectivity index (χ0n) is 8.34. The minimum absolute atomic E-state index is 0.276. The van der Waals surface area contributed by atoms with Crippen molar-refractivity contribution in [1.82, 2.24) is 8.65 Å². The molecule has 3 rings (SSSR count). The van der Waals surface area contributed by atoms with Crippen LogP contribution in [0.5, 0.6) is 5.75 Å². The first-order valence-electron chi connectivity index (χ1n) is 4.89. The average molecular weight is 233 g/mol. The van der Waals surface area contributed by atoms with Gasteiger partial charge in [0, 0.05) is 29.6 Å². The molecule has 0 radical (unpaired) electrons. The number of aromatic nitrogens is 2. The Hall–Kier alpha value is -1.87. The average Bonchev–Trinajstić information content (AvgIpc) is 2.84. The maximum atomic E-state index is 9.80. The van der Waals surface area contributed by atoms with E-state index in [0.29, 0.717) is 0 Å². The normalized spacial score (nSPS) is 11.1. The van der Waals surface area contributed by atoms with Gasteiger partial charge in [-0.3, -0.25) is 4.09 Å². The molecule has 3 aromatic rings. The van der Waals surface area contributed by atoms with Gasteiger partial charge in [0.25, 0.3) is 0 Å². The first-order valence-corrected chi connectivity index (χ1v) is 5.23. The van der Waals surface area contributed by atoms with Crippen molar-refractivity contribution >= 4 is 22.7 Å². The largest absolute Gasteiger partial charge is 0.506 e. The molecular formula is C12H9ClN2O. The maximum absolute atomic E-state index is 9.80. The monoisotopic (exact) mass is 232 g/mol. The van der Waals surface area contributed by atoms with Crippen LogP contribution in [-0.2, 0) is 0 Å². The van der Waals surface area contributed by atoms with Crippen LogP contribution in [0.3, 0.4) is 0 Å². The Labute approximate surface area is 97.2 Å². The van der Waals surface area contributed by atoms with E-state index in [1.165, 1.54) is 4.09 Å². The van der Waals surface area contributed by atoms with Gasteiger partial charge in [-0.2, -0.15) is 0 Å². The topological polar surface area (TPSA) is 30.1 Å². The minimum atomic E-state index is 0.276. The summed E-state index contributed by atoms with van der Waals surface area (Å²) in [5.74, 6) is 0.276. The fourth-order valence-electron chi connectivity index (χ4n) is 1.88. The lowest BCUT2D eigenvalue weighted by molar-refractivity contribution is 0.480. The van der Waals surface area contributed by atoms with Crippen LogP contribution in [0.1, 0.15) is 0 Å². The van der Waals surface area contributed by atoms with Crippen molar-refractivity contribution in [1.29, 1.82) is 0 Å². The molecule has 0 fully saturated rings. The van der Waals surface area contributed by atoms with Crippen LogP contribution in [0.4, 0.5) is 0 Å². The van der Waals surface area contributed by atoms with E-state index < -0.39 is 0 Å². The molecular weight excluding hydrogens is 224 g/mol. The third-order valence-electron chi connectivity index (χ3n) is 2.61. The summed E-state index contributed by atoms with van der Waals surface area (Å²) in [5.41, 5.74) is 1.88. The fourth-order valence-corrected chi connectivity index (χ4v) is 2.03. The maximum Gasteiger partial charge on any atom is 0.141 e. The van der Waals surface area contributed by atoms with Crippen LogP contribution in [0, 0.1) is 0 Å². The van der Waals surface area contributed by atoms with Crippen LogP contribution < -0.4 is 0 Å². The number of hydrogen-bond acceptors (Lipinski definition) is 1. The summed E-state index contributed by atoms with van der Waals surface area (Å²) in [5, 5.41) is 10.6. The number of aromatic hydroxyl groups is 1. The van der Waals surface area contributed by atoms with E-state index in [0.717, 1.165) is 16.6 Å². The number of rotatable bonds is 1. The van der Waals surface area contributed by atoms with Gasteiger partial charge in [-0.1, -0.05) is 12.1 Å². The van der Waals surface area contributed by atoms with Gasteiger partial charge in [-0.25, -0.2) is 0 Å². The Morgan fingerprint density at radius 3 is 2.62 bits per heavy atom. The Morgan fingerprint density at radius 2 is 1.88 bits per heavy atom. The zero-order chi connectivity index (χ0) is 11.1. The molecule has 0 saturated heterocycles. The molecule has 80 valence electrons. The quantitative estimate of drug-likeness (QED) is 0.686.